The minimum Gasteiger partial charge on any atom is -0.490 e. The number of aromatic nitrogens is 3. The van der Waals surface area contributed by atoms with E-state index in [2.05, 4.69) is 15.0 Å². The van der Waals surface area contributed by atoms with Gasteiger partial charge >= 0.3 is 0 Å². The Hall–Kier alpha value is -2.72. The summed E-state index contributed by atoms with van der Waals surface area (Å²) in [4.78, 5) is 6.70. The van der Waals surface area contributed by atoms with E-state index in [1.165, 1.54) is 0 Å². The standard InChI is InChI=1S/C24H31N5O4/c25-23-14-22(33-16-18(30)15-28-8-11-31-12-9-28)19-5-4-17(13-20(19)27-23)21-6-7-26-29(21)24-3-1-2-10-32-24/h4-7,13-14,18,24,30H,1-3,8-12,15-16H2,(H2,25,27)/t18-,24?/m1/s1. The molecule has 0 aliphatic carbocycles. The SMILES string of the molecule is Nc1cc(OC[C@H](O)CN2CCOCC2)c2ccc(-c3ccnn3C3CCCCO3)cc2n1. The number of nitrogens with zero attached hydrogens (tertiary/aromatic N) is 4. The normalized spacial score (nSPS) is 20.7. The predicted octanol–water partition coefficient (Wildman–Crippen LogP) is 2.45. The van der Waals surface area contributed by atoms with Gasteiger partial charge in [-0.05, 0) is 37.5 Å². The highest BCUT2D eigenvalue weighted by Crippen LogP contribution is 2.33. The molecule has 3 N–H and O–H groups in total. The average Bonchev–Trinajstić information content (AvgIpc) is 3.33. The van der Waals surface area contributed by atoms with E-state index in [4.69, 9.17) is 19.9 Å². The maximum absolute atomic E-state index is 10.5. The molecule has 5 rings (SSSR count). The second-order valence-corrected chi connectivity index (χ2v) is 8.64. The van der Waals surface area contributed by atoms with Crippen molar-refractivity contribution in [1.82, 2.24) is 19.7 Å². The molecule has 0 radical (unpaired) electrons. The van der Waals surface area contributed by atoms with Gasteiger partial charge in [-0.3, -0.25) is 4.90 Å². The molecule has 1 unspecified atom stereocenters. The molecule has 9 nitrogen and oxygen atoms in total. The largest absolute Gasteiger partial charge is 0.490 e. The van der Waals surface area contributed by atoms with Gasteiger partial charge < -0.3 is 25.1 Å². The van der Waals surface area contributed by atoms with Crippen LogP contribution in [0.4, 0.5) is 5.82 Å². The van der Waals surface area contributed by atoms with Crippen LogP contribution in [0.1, 0.15) is 25.5 Å². The van der Waals surface area contributed by atoms with Gasteiger partial charge in [0.05, 0.1) is 24.4 Å². The van der Waals surface area contributed by atoms with Crippen molar-refractivity contribution in [3.63, 3.8) is 0 Å². The molecule has 1 aromatic carbocycles. The lowest BCUT2D eigenvalue weighted by atomic mass is 10.1. The van der Waals surface area contributed by atoms with E-state index >= 15 is 0 Å². The predicted molar refractivity (Wildman–Crippen MR) is 125 cm³/mol. The van der Waals surface area contributed by atoms with Crippen molar-refractivity contribution in [3.8, 4) is 17.0 Å². The molecule has 0 spiro atoms. The van der Waals surface area contributed by atoms with Crippen LogP contribution in [0.25, 0.3) is 22.2 Å². The quantitative estimate of drug-likeness (QED) is 0.562. The number of anilines is 1. The number of aliphatic hydroxyl groups is 1. The molecule has 9 heteroatoms. The van der Waals surface area contributed by atoms with Crippen molar-refractivity contribution in [1.29, 1.82) is 0 Å². The van der Waals surface area contributed by atoms with E-state index in [-0.39, 0.29) is 12.8 Å². The number of β-amino-alcohol motifs (C(OH)–C–C–N with tert-alkyl or cyclic N) is 1. The lowest BCUT2D eigenvalue weighted by Crippen LogP contribution is -2.42. The van der Waals surface area contributed by atoms with E-state index in [0.717, 1.165) is 61.1 Å². The molecule has 33 heavy (non-hydrogen) atoms. The van der Waals surface area contributed by atoms with Crippen molar-refractivity contribution in [3.05, 3.63) is 36.5 Å². The summed E-state index contributed by atoms with van der Waals surface area (Å²) >= 11 is 0. The van der Waals surface area contributed by atoms with Crippen molar-refractivity contribution in [2.45, 2.75) is 31.6 Å². The van der Waals surface area contributed by atoms with Crippen LogP contribution in [0.15, 0.2) is 36.5 Å². The van der Waals surface area contributed by atoms with Crippen molar-refractivity contribution >= 4 is 16.7 Å². The summed E-state index contributed by atoms with van der Waals surface area (Å²) in [6.07, 6.45) is 4.35. The molecule has 2 saturated heterocycles. The first kappa shape index (κ1) is 22.1. The third-order valence-corrected chi connectivity index (χ3v) is 6.19. The molecule has 2 atom stereocenters. The lowest BCUT2D eigenvalue weighted by Gasteiger charge is -2.28. The van der Waals surface area contributed by atoms with Gasteiger partial charge in [-0.1, -0.05) is 6.07 Å². The number of fused-ring (bicyclic) bond motifs is 1. The molecule has 0 amide bonds. The summed E-state index contributed by atoms with van der Waals surface area (Å²) in [7, 11) is 0. The smallest absolute Gasteiger partial charge is 0.150 e. The van der Waals surface area contributed by atoms with E-state index in [1.54, 1.807) is 12.3 Å². The summed E-state index contributed by atoms with van der Waals surface area (Å²) in [5.41, 5.74) is 8.80. The summed E-state index contributed by atoms with van der Waals surface area (Å²) < 4.78 is 19.2. The van der Waals surface area contributed by atoms with Crippen LogP contribution in [0, 0.1) is 0 Å². The Morgan fingerprint density at radius 1 is 1.15 bits per heavy atom. The van der Waals surface area contributed by atoms with Crippen LogP contribution in [0.3, 0.4) is 0 Å². The Morgan fingerprint density at radius 2 is 2.03 bits per heavy atom. The monoisotopic (exact) mass is 453 g/mol. The molecular formula is C24H31N5O4. The van der Waals surface area contributed by atoms with Gasteiger partial charge in [-0.2, -0.15) is 5.10 Å². The van der Waals surface area contributed by atoms with Gasteiger partial charge in [0.1, 0.15) is 24.3 Å². The lowest BCUT2D eigenvalue weighted by molar-refractivity contribution is -0.0383. The van der Waals surface area contributed by atoms with Crippen LogP contribution in [0.2, 0.25) is 0 Å². The Kier molecular flexibility index (Phi) is 6.73. The fourth-order valence-corrected chi connectivity index (χ4v) is 4.50. The van der Waals surface area contributed by atoms with Gasteiger partial charge in [0, 0.05) is 49.5 Å². The Bertz CT molecular complexity index is 1080. The third kappa shape index (κ3) is 5.11. The second-order valence-electron chi connectivity index (χ2n) is 8.64. The molecule has 4 heterocycles. The van der Waals surface area contributed by atoms with Crippen molar-refractivity contribution in [2.24, 2.45) is 0 Å². The molecule has 2 aliphatic rings. The summed E-state index contributed by atoms with van der Waals surface area (Å²) in [5, 5.41) is 15.8. The third-order valence-electron chi connectivity index (χ3n) is 6.19. The molecular weight excluding hydrogens is 422 g/mol. The van der Waals surface area contributed by atoms with Gasteiger partial charge in [0.2, 0.25) is 0 Å². The fourth-order valence-electron chi connectivity index (χ4n) is 4.50. The highest BCUT2D eigenvalue weighted by molar-refractivity contribution is 5.90. The molecule has 0 saturated carbocycles. The van der Waals surface area contributed by atoms with Gasteiger partial charge in [-0.15, -0.1) is 0 Å². The van der Waals surface area contributed by atoms with Gasteiger partial charge in [0.25, 0.3) is 0 Å². The zero-order valence-corrected chi connectivity index (χ0v) is 18.7. The topological polar surface area (TPSA) is 108 Å². The summed E-state index contributed by atoms with van der Waals surface area (Å²) in [6, 6.07) is 9.72. The van der Waals surface area contributed by atoms with Gasteiger partial charge in [-0.25, -0.2) is 9.67 Å². The van der Waals surface area contributed by atoms with E-state index in [0.29, 0.717) is 31.3 Å². The highest BCUT2D eigenvalue weighted by atomic mass is 16.5. The Labute approximate surface area is 193 Å². The summed E-state index contributed by atoms with van der Waals surface area (Å²) in [6.45, 7) is 4.56. The zero-order chi connectivity index (χ0) is 22.6. The average molecular weight is 454 g/mol. The Morgan fingerprint density at radius 3 is 2.85 bits per heavy atom. The molecule has 3 aromatic rings. The zero-order valence-electron chi connectivity index (χ0n) is 18.7. The first-order valence-corrected chi connectivity index (χ1v) is 11.6. The van der Waals surface area contributed by atoms with E-state index in [9.17, 15) is 5.11 Å². The maximum Gasteiger partial charge on any atom is 0.150 e. The van der Waals surface area contributed by atoms with Crippen LogP contribution >= 0.6 is 0 Å². The van der Waals surface area contributed by atoms with Crippen molar-refractivity contribution in [2.75, 3.05) is 51.8 Å². The number of hydrogen-bond acceptors (Lipinski definition) is 8. The Balaban J connectivity index is 1.34. The fraction of sp³-hybridized carbons (Fsp3) is 0.500. The molecule has 2 fully saturated rings. The number of ether oxygens (including phenoxy) is 3. The molecule has 0 bridgehead atoms. The van der Waals surface area contributed by atoms with Gasteiger partial charge in [0.15, 0.2) is 6.23 Å². The molecule has 176 valence electrons. The molecule has 2 aliphatic heterocycles. The number of pyridine rings is 1. The number of hydrogen-bond donors (Lipinski definition) is 2. The number of nitrogens with two attached hydrogens (primary N) is 1. The van der Waals surface area contributed by atoms with E-state index < -0.39 is 6.10 Å². The number of aliphatic hydroxyl groups excluding tert-OH is 1. The van der Waals surface area contributed by atoms with Crippen molar-refractivity contribution < 1.29 is 19.3 Å². The second kappa shape index (κ2) is 10.0. The first-order chi connectivity index (χ1) is 16.2. The summed E-state index contributed by atoms with van der Waals surface area (Å²) in [5.74, 6) is 0.996. The van der Waals surface area contributed by atoms with E-state index in [1.807, 2.05) is 28.9 Å². The van der Waals surface area contributed by atoms with Crippen LogP contribution in [-0.2, 0) is 9.47 Å². The van der Waals surface area contributed by atoms with Crippen LogP contribution in [0.5, 0.6) is 5.75 Å². The number of nitrogen functional groups attached to an aromatic ring is 1. The minimum absolute atomic E-state index is 0.0416. The number of benzene rings is 1. The first-order valence-electron chi connectivity index (χ1n) is 11.6. The van der Waals surface area contributed by atoms with Crippen LogP contribution < -0.4 is 10.5 Å². The number of rotatable bonds is 7. The van der Waals surface area contributed by atoms with Crippen LogP contribution in [-0.4, -0.2) is 76.9 Å². The minimum atomic E-state index is -0.600. The maximum atomic E-state index is 10.5. The number of morpholine rings is 1. The molecule has 2 aromatic heterocycles. The highest BCUT2D eigenvalue weighted by Gasteiger charge is 2.20.